The number of nitrogens with one attached hydrogen (secondary N) is 1. The second-order valence-corrected chi connectivity index (χ2v) is 6.73. The summed E-state index contributed by atoms with van der Waals surface area (Å²) in [6.45, 7) is 3.10. The van der Waals surface area contributed by atoms with Crippen molar-refractivity contribution in [2.75, 3.05) is 6.54 Å². The van der Waals surface area contributed by atoms with E-state index >= 15 is 0 Å². The highest BCUT2D eigenvalue weighted by Gasteiger charge is 2.30. The number of halogens is 1. The molecule has 0 aromatic rings. The molecule has 16 heavy (non-hydrogen) atoms. The Balaban J connectivity index is 1.66. The Hall–Kier alpha value is -0.0500. The van der Waals surface area contributed by atoms with E-state index in [1.54, 1.807) is 0 Å². The number of carbonyl (C=O) groups excluding carboxylic acids is 1. The second-order valence-electron chi connectivity index (χ2n) is 5.56. The van der Waals surface area contributed by atoms with Crippen LogP contribution in [0.1, 0.15) is 45.4 Å². The van der Waals surface area contributed by atoms with E-state index in [-0.39, 0.29) is 11.8 Å². The van der Waals surface area contributed by atoms with Gasteiger partial charge in [-0.2, -0.15) is 0 Å². The van der Waals surface area contributed by atoms with Crippen molar-refractivity contribution in [3.8, 4) is 0 Å². The molecule has 1 amide bonds. The van der Waals surface area contributed by atoms with E-state index in [0.29, 0.717) is 4.83 Å². The maximum atomic E-state index is 11.9. The van der Waals surface area contributed by atoms with Gasteiger partial charge in [0.05, 0.1) is 0 Å². The topological polar surface area (TPSA) is 29.1 Å². The predicted octanol–water partition coefficient (Wildman–Crippen LogP) is 3.10. The summed E-state index contributed by atoms with van der Waals surface area (Å²) in [5.41, 5.74) is 0. The molecule has 1 unspecified atom stereocenters. The molecule has 2 saturated carbocycles. The zero-order valence-corrected chi connectivity index (χ0v) is 11.6. The van der Waals surface area contributed by atoms with E-state index in [2.05, 4.69) is 28.2 Å². The first-order valence-electron chi connectivity index (χ1n) is 6.58. The highest BCUT2D eigenvalue weighted by Crippen LogP contribution is 2.36. The third-order valence-corrected chi connectivity index (χ3v) is 5.06. The van der Waals surface area contributed by atoms with Crippen molar-refractivity contribution in [1.29, 1.82) is 0 Å². The van der Waals surface area contributed by atoms with Gasteiger partial charge in [-0.25, -0.2) is 0 Å². The summed E-state index contributed by atoms with van der Waals surface area (Å²) in [7, 11) is 0. The molecular weight excluding hydrogens is 266 g/mol. The molecule has 3 heteroatoms. The number of rotatable bonds is 4. The van der Waals surface area contributed by atoms with Gasteiger partial charge in [-0.15, -0.1) is 0 Å². The summed E-state index contributed by atoms with van der Waals surface area (Å²) in [4.78, 5) is 12.4. The Morgan fingerprint density at radius 3 is 2.44 bits per heavy atom. The van der Waals surface area contributed by atoms with E-state index < -0.39 is 0 Å². The largest absolute Gasteiger partial charge is 0.355 e. The maximum Gasteiger partial charge on any atom is 0.223 e. The summed E-state index contributed by atoms with van der Waals surface area (Å²) in [6, 6.07) is 0. The molecule has 1 N–H and O–H groups in total. The molecule has 2 nitrogen and oxygen atoms in total. The number of carbonyl (C=O) groups is 1. The summed E-state index contributed by atoms with van der Waals surface area (Å²) >= 11 is 3.65. The normalized spacial score (nSPS) is 32.1. The minimum atomic E-state index is 0.287. The van der Waals surface area contributed by atoms with Crippen LogP contribution in [0.3, 0.4) is 0 Å². The summed E-state index contributed by atoms with van der Waals surface area (Å²) in [5, 5.41) is 3.10. The van der Waals surface area contributed by atoms with Crippen LogP contribution in [-0.4, -0.2) is 17.3 Å². The van der Waals surface area contributed by atoms with E-state index in [1.165, 1.54) is 25.7 Å². The van der Waals surface area contributed by atoms with Crippen LogP contribution in [0.25, 0.3) is 0 Å². The van der Waals surface area contributed by atoms with Crippen molar-refractivity contribution in [2.45, 2.75) is 50.3 Å². The minimum absolute atomic E-state index is 0.287. The van der Waals surface area contributed by atoms with Crippen LogP contribution in [0.2, 0.25) is 0 Å². The Labute approximate surface area is 107 Å². The van der Waals surface area contributed by atoms with Gasteiger partial charge in [0, 0.05) is 17.3 Å². The van der Waals surface area contributed by atoms with Gasteiger partial charge in [-0.1, -0.05) is 22.9 Å². The molecule has 0 heterocycles. The molecular formula is C13H22BrNO. The fraction of sp³-hybridized carbons (Fsp3) is 0.923. The zero-order valence-electron chi connectivity index (χ0n) is 10.0. The molecule has 0 aromatic carbocycles. The summed E-state index contributed by atoms with van der Waals surface area (Å²) in [6.07, 6.45) is 7.27. The first kappa shape index (κ1) is 12.4. The lowest BCUT2D eigenvalue weighted by atomic mass is 9.82. The first-order chi connectivity index (χ1) is 7.66. The fourth-order valence-corrected chi connectivity index (χ4v) is 3.18. The quantitative estimate of drug-likeness (QED) is 0.791. The van der Waals surface area contributed by atoms with Crippen molar-refractivity contribution in [2.24, 2.45) is 17.8 Å². The smallest absolute Gasteiger partial charge is 0.223 e. The van der Waals surface area contributed by atoms with E-state index in [4.69, 9.17) is 0 Å². The van der Waals surface area contributed by atoms with Gasteiger partial charge < -0.3 is 5.32 Å². The van der Waals surface area contributed by atoms with Gasteiger partial charge in [0.1, 0.15) is 0 Å². The highest BCUT2D eigenvalue weighted by molar-refractivity contribution is 9.09. The Morgan fingerprint density at radius 1 is 1.25 bits per heavy atom. The predicted molar refractivity (Wildman–Crippen MR) is 69.6 cm³/mol. The highest BCUT2D eigenvalue weighted by atomic mass is 79.9. The molecule has 2 fully saturated rings. The summed E-state index contributed by atoms with van der Waals surface area (Å²) in [5.74, 6) is 2.21. The number of hydrogen-bond donors (Lipinski definition) is 1. The van der Waals surface area contributed by atoms with Crippen LogP contribution in [-0.2, 0) is 4.79 Å². The van der Waals surface area contributed by atoms with Crippen molar-refractivity contribution >= 4 is 21.8 Å². The summed E-state index contributed by atoms with van der Waals surface area (Å²) < 4.78 is 0. The lowest BCUT2D eigenvalue weighted by Gasteiger charge is -2.25. The van der Waals surface area contributed by atoms with E-state index in [1.807, 2.05) is 0 Å². The average Bonchev–Trinajstić information content (AvgIpc) is 3.10. The molecule has 0 aromatic heterocycles. The van der Waals surface area contributed by atoms with Gasteiger partial charge in [0.25, 0.3) is 0 Å². The standard InChI is InChI=1S/C13H22BrNO/c1-9-2-4-11(5-3-9)13(16)15-8-12(14)10-6-7-10/h9-12H,2-8H2,1H3,(H,15,16). The Kier molecular flexibility index (Phi) is 4.28. The van der Waals surface area contributed by atoms with Crippen LogP contribution in [0.15, 0.2) is 0 Å². The van der Waals surface area contributed by atoms with Crippen LogP contribution in [0.4, 0.5) is 0 Å². The molecule has 0 saturated heterocycles. The molecule has 0 spiro atoms. The average molecular weight is 288 g/mol. The Bertz CT molecular complexity index is 244. The molecule has 2 aliphatic rings. The van der Waals surface area contributed by atoms with Crippen molar-refractivity contribution in [3.63, 3.8) is 0 Å². The lowest BCUT2D eigenvalue weighted by Crippen LogP contribution is -2.36. The SMILES string of the molecule is CC1CCC(C(=O)NCC(Br)C2CC2)CC1. The third-order valence-electron chi connectivity index (χ3n) is 3.99. The van der Waals surface area contributed by atoms with Crippen molar-refractivity contribution in [3.05, 3.63) is 0 Å². The minimum Gasteiger partial charge on any atom is -0.355 e. The van der Waals surface area contributed by atoms with Crippen molar-refractivity contribution in [1.82, 2.24) is 5.32 Å². The van der Waals surface area contributed by atoms with Crippen LogP contribution in [0, 0.1) is 17.8 Å². The molecule has 0 aliphatic heterocycles. The van der Waals surface area contributed by atoms with Crippen LogP contribution >= 0.6 is 15.9 Å². The lowest BCUT2D eigenvalue weighted by molar-refractivity contribution is -0.126. The second kappa shape index (κ2) is 5.52. The third kappa shape index (κ3) is 3.47. The molecule has 0 bridgehead atoms. The fourth-order valence-electron chi connectivity index (χ4n) is 2.49. The van der Waals surface area contributed by atoms with Gasteiger partial charge in [-0.3, -0.25) is 4.79 Å². The molecule has 2 aliphatic carbocycles. The molecule has 0 radical (unpaired) electrons. The number of amides is 1. The number of alkyl halides is 1. The van der Waals surface area contributed by atoms with E-state index in [9.17, 15) is 4.79 Å². The molecule has 1 atom stereocenters. The first-order valence-corrected chi connectivity index (χ1v) is 7.50. The van der Waals surface area contributed by atoms with E-state index in [0.717, 1.165) is 31.2 Å². The number of hydrogen-bond acceptors (Lipinski definition) is 1. The molecule has 92 valence electrons. The maximum absolute atomic E-state index is 11.9. The van der Waals surface area contributed by atoms with Crippen LogP contribution < -0.4 is 5.32 Å². The molecule has 2 rings (SSSR count). The zero-order chi connectivity index (χ0) is 11.5. The monoisotopic (exact) mass is 287 g/mol. The van der Waals surface area contributed by atoms with Crippen LogP contribution in [0.5, 0.6) is 0 Å². The van der Waals surface area contributed by atoms with Gasteiger partial charge in [0.15, 0.2) is 0 Å². The van der Waals surface area contributed by atoms with Gasteiger partial charge in [0.2, 0.25) is 5.91 Å². The van der Waals surface area contributed by atoms with Gasteiger partial charge >= 0.3 is 0 Å². The van der Waals surface area contributed by atoms with Gasteiger partial charge in [-0.05, 0) is 50.4 Å². The Morgan fingerprint density at radius 2 is 1.88 bits per heavy atom. The van der Waals surface area contributed by atoms with Crippen molar-refractivity contribution < 1.29 is 4.79 Å².